The molecule has 0 radical (unpaired) electrons. The van der Waals surface area contributed by atoms with Gasteiger partial charge in [-0.1, -0.05) is 6.92 Å². The Morgan fingerprint density at radius 1 is 1.42 bits per heavy atom. The first-order valence-electron chi connectivity index (χ1n) is 4.77. The molecule has 0 heterocycles. The maximum Gasteiger partial charge on any atom is 0.137 e. The number of carbonyl (C=O) groups excluding carboxylic acids is 1. The molecule has 0 aliphatic heterocycles. The highest BCUT2D eigenvalue weighted by atomic mass is 16.1. The summed E-state index contributed by atoms with van der Waals surface area (Å²) in [5.41, 5.74) is 0. The third-order valence-corrected chi connectivity index (χ3v) is 2.60. The maximum absolute atomic E-state index is 11.5. The van der Waals surface area contributed by atoms with Crippen LogP contribution in [0.25, 0.3) is 0 Å². The fraction of sp³-hybridized carbons (Fsp3) is 0.900. The van der Waals surface area contributed by atoms with Crippen LogP contribution in [0.4, 0.5) is 0 Å². The molecule has 0 aromatic heterocycles. The average molecular weight is 169 g/mol. The first kappa shape index (κ1) is 9.72. The second-order valence-corrected chi connectivity index (χ2v) is 4.31. The average Bonchev–Trinajstić information content (AvgIpc) is 1.94. The Bertz CT molecular complexity index is 165. The van der Waals surface area contributed by atoms with Crippen molar-refractivity contribution in [3.05, 3.63) is 0 Å². The van der Waals surface area contributed by atoms with Gasteiger partial charge in [0, 0.05) is 18.9 Å². The third kappa shape index (κ3) is 2.59. The van der Waals surface area contributed by atoms with Crippen LogP contribution < -0.4 is 0 Å². The molecule has 0 amide bonds. The second-order valence-electron chi connectivity index (χ2n) is 4.31. The number of Topliss-reactive ketones (excluding diaryl/α,β-unsaturated/α-hetero) is 1. The summed E-state index contributed by atoms with van der Waals surface area (Å²) in [7, 11) is 4.07. The predicted molar refractivity (Wildman–Crippen MR) is 50.1 cm³/mol. The molecular weight excluding hydrogens is 150 g/mol. The molecule has 0 spiro atoms. The second kappa shape index (κ2) is 4.04. The normalized spacial score (nSPS) is 31.2. The Morgan fingerprint density at radius 2 is 2.08 bits per heavy atom. The van der Waals surface area contributed by atoms with Crippen molar-refractivity contribution in [1.82, 2.24) is 4.90 Å². The van der Waals surface area contributed by atoms with Crippen LogP contribution in [-0.2, 0) is 4.79 Å². The number of carbonyl (C=O) groups is 1. The summed E-state index contributed by atoms with van der Waals surface area (Å²) < 4.78 is 0. The molecule has 0 N–H and O–H groups in total. The molecule has 2 atom stereocenters. The molecular formula is C10H19NO. The van der Waals surface area contributed by atoms with E-state index in [2.05, 4.69) is 11.8 Å². The zero-order valence-corrected chi connectivity index (χ0v) is 8.34. The quantitative estimate of drug-likeness (QED) is 0.625. The van der Waals surface area contributed by atoms with Gasteiger partial charge < -0.3 is 4.90 Å². The van der Waals surface area contributed by atoms with E-state index < -0.39 is 0 Å². The number of nitrogens with zero attached hydrogens (tertiary/aromatic N) is 1. The molecule has 1 rings (SSSR count). The summed E-state index contributed by atoms with van der Waals surface area (Å²) in [6, 6.07) is 0. The zero-order valence-electron chi connectivity index (χ0n) is 8.34. The monoisotopic (exact) mass is 169 g/mol. The van der Waals surface area contributed by atoms with Crippen LogP contribution >= 0.6 is 0 Å². The van der Waals surface area contributed by atoms with Gasteiger partial charge in [0.15, 0.2) is 0 Å². The summed E-state index contributed by atoms with van der Waals surface area (Å²) in [5.74, 6) is 1.41. The van der Waals surface area contributed by atoms with Crippen LogP contribution in [0.3, 0.4) is 0 Å². The lowest BCUT2D eigenvalue weighted by Gasteiger charge is -2.26. The van der Waals surface area contributed by atoms with Crippen LogP contribution in [0.15, 0.2) is 0 Å². The molecule has 1 saturated carbocycles. The molecule has 2 nitrogen and oxygen atoms in total. The Balaban J connectivity index is 2.40. The molecule has 2 unspecified atom stereocenters. The van der Waals surface area contributed by atoms with E-state index in [1.165, 1.54) is 6.42 Å². The van der Waals surface area contributed by atoms with Gasteiger partial charge in [-0.05, 0) is 32.9 Å². The third-order valence-electron chi connectivity index (χ3n) is 2.60. The minimum Gasteiger partial charge on any atom is -0.309 e. The van der Waals surface area contributed by atoms with Gasteiger partial charge in [-0.2, -0.15) is 0 Å². The van der Waals surface area contributed by atoms with E-state index in [-0.39, 0.29) is 0 Å². The van der Waals surface area contributed by atoms with E-state index in [9.17, 15) is 4.79 Å². The number of rotatable bonds is 2. The van der Waals surface area contributed by atoms with Crippen LogP contribution in [0.1, 0.15) is 26.2 Å². The lowest BCUT2D eigenvalue weighted by Crippen LogP contribution is -2.32. The predicted octanol–water partition coefficient (Wildman–Crippen LogP) is 1.55. The molecule has 0 aromatic carbocycles. The molecule has 1 aliphatic carbocycles. The first-order chi connectivity index (χ1) is 5.59. The lowest BCUT2D eigenvalue weighted by molar-refractivity contribution is -0.126. The lowest BCUT2D eigenvalue weighted by atomic mass is 9.82. The van der Waals surface area contributed by atoms with Gasteiger partial charge in [0.1, 0.15) is 5.78 Å². The number of ketones is 1. The van der Waals surface area contributed by atoms with Gasteiger partial charge in [0.25, 0.3) is 0 Å². The largest absolute Gasteiger partial charge is 0.309 e. The fourth-order valence-corrected chi connectivity index (χ4v) is 1.89. The molecule has 70 valence electrons. The van der Waals surface area contributed by atoms with Crippen molar-refractivity contribution < 1.29 is 4.79 Å². The maximum atomic E-state index is 11.5. The Morgan fingerprint density at radius 3 is 2.58 bits per heavy atom. The van der Waals surface area contributed by atoms with E-state index in [1.807, 2.05) is 14.1 Å². The highest BCUT2D eigenvalue weighted by molar-refractivity contribution is 5.82. The van der Waals surface area contributed by atoms with Gasteiger partial charge in [0.05, 0.1) is 0 Å². The van der Waals surface area contributed by atoms with Gasteiger partial charge in [-0.25, -0.2) is 0 Å². The Hall–Kier alpha value is -0.370. The topological polar surface area (TPSA) is 20.3 Å². The van der Waals surface area contributed by atoms with Crippen LogP contribution in [0.5, 0.6) is 0 Å². The molecule has 12 heavy (non-hydrogen) atoms. The Kier molecular flexibility index (Phi) is 3.27. The number of hydrogen-bond acceptors (Lipinski definition) is 2. The van der Waals surface area contributed by atoms with E-state index in [0.29, 0.717) is 17.6 Å². The Labute approximate surface area is 74.9 Å². The van der Waals surface area contributed by atoms with Gasteiger partial charge in [-0.15, -0.1) is 0 Å². The van der Waals surface area contributed by atoms with Crippen molar-refractivity contribution >= 4 is 5.78 Å². The van der Waals surface area contributed by atoms with Crippen molar-refractivity contribution in [3.8, 4) is 0 Å². The molecule has 2 heteroatoms. The highest BCUT2D eigenvalue weighted by Crippen LogP contribution is 2.25. The zero-order chi connectivity index (χ0) is 9.14. The smallest absolute Gasteiger partial charge is 0.137 e. The number of hydrogen-bond donors (Lipinski definition) is 0. The van der Waals surface area contributed by atoms with Crippen LogP contribution in [0, 0.1) is 11.8 Å². The van der Waals surface area contributed by atoms with Crippen molar-refractivity contribution in [3.63, 3.8) is 0 Å². The summed E-state index contributed by atoms with van der Waals surface area (Å²) in [5, 5.41) is 0. The summed E-state index contributed by atoms with van der Waals surface area (Å²) in [6.07, 6.45) is 3.13. The van der Waals surface area contributed by atoms with Crippen LogP contribution in [0.2, 0.25) is 0 Å². The van der Waals surface area contributed by atoms with Gasteiger partial charge >= 0.3 is 0 Å². The molecule has 1 aliphatic rings. The van der Waals surface area contributed by atoms with Gasteiger partial charge in [0.2, 0.25) is 0 Å². The first-order valence-corrected chi connectivity index (χ1v) is 4.77. The van der Waals surface area contributed by atoms with E-state index >= 15 is 0 Å². The standard InChI is InChI=1S/C10H19NO/c1-8-4-5-9(7-11(2)3)10(12)6-8/h8-9H,4-7H2,1-3H3. The van der Waals surface area contributed by atoms with Gasteiger partial charge in [-0.3, -0.25) is 4.79 Å². The minimum atomic E-state index is 0.316. The molecule has 0 aromatic rings. The summed E-state index contributed by atoms with van der Waals surface area (Å²) in [6.45, 7) is 3.11. The highest BCUT2D eigenvalue weighted by Gasteiger charge is 2.26. The minimum absolute atomic E-state index is 0.316. The molecule has 0 saturated heterocycles. The summed E-state index contributed by atoms with van der Waals surface area (Å²) in [4.78, 5) is 13.6. The van der Waals surface area contributed by atoms with Crippen molar-refractivity contribution in [2.45, 2.75) is 26.2 Å². The van der Waals surface area contributed by atoms with E-state index in [0.717, 1.165) is 19.4 Å². The summed E-state index contributed by atoms with van der Waals surface area (Å²) >= 11 is 0. The van der Waals surface area contributed by atoms with Crippen LogP contribution in [-0.4, -0.2) is 31.3 Å². The molecule has 1 fully saturated rings. The van der Waals surface area contributed by atoms with Crippen molar-refractivity contribution in [1.29, 1.82) is 0 Å². The van der Waals surface area contributed by atoms with E-state index in [4.69, 9.17) is 0 Å². The van der Waals surface area contributed by atoms with E-state index in [1.54, 1.807) is 0 Å². The fourth-order valence-electron chi connectivity index (χ4n) is 1.89. The van der Waals surface area contributed by atoms with Crippen molar-refractivity contribution in [2.75, 3.05) is 20.6 Å². The SMILES string of the molecule is CC1CCC(CN(C)C)C(=O)C1. The molecule has 0 bridgehead atoms. The van der Waals surface area contributed by atoms with Crippen molar-refractivity contribution in [2.24, 2.45) is 11.8 Å².